The van der Waals surface area contributed by atoms with Crippen LogP contribution < -0.4 is 0 Å². The molecule has 0 aromatic heterocycles. The molecular weight excluding hydrogens is 240 g/mol. The minimum atomic E-state index is -1.40. The zero-order valence-corrected chi connectivity index (χ0v) is 10.4. The van der Waals surface area contributed by atoms with Crippen molar-refractivity contribution < 1.29 is 29.6 Å². The Kier molecular flexibility index (Phi) is 6.27. The van der Waals surface area contributed by atoms with Crippen LogP contribution in [0.4, 0.5) is 0 Å². The molecule has 0 aliphatic carbocycles. The molecule has 0 unspecified atom stereocenters. The minimum absolute atomic E-state index is 0.292. The lowest BCUT2D eigenvalue weighted by Crippen LogP contribution is -2.04. The van der Waals surface area contributed by atoms with E-state index in [1.54, 1.807) is 0 Å². The summed E-state index contributed by atoms with van der Waals surface area (Å²) < 4.78 is 4.31. The number of carbonyl (C=O) groups excluding carboxylic acids is 1. The van der Waals surface area contributed by atoms with E-state index < -0.39 is 29.0 Å². The van der Waals surface area contributed by atoms with Gasteiger partial charge in [0.2, 0.25) is 0 Å². The van der Waals surface area contributed by atoms with Crippen LogP contribution in [0.1, 0.15) is 41.0 Å². The molecule has 0 amide bonds. The van der Waals surface area contributed by atoms with Crippen molar-refractivity contribution in [3.63, 3.8) is 0 Å². The molecule has 1 aromatic rings. The topological polar surface area (TPSA) is 104 Å². The number of ether oxygens (including phenoxy) is 1. The van der Waals surface area contributed by atoms with Crippen LogP contribution in [-0.4, -0.2) is 34.4 Å². The highest BCUT2D eigenvalue weighted by molar-refractivity contribution is 5.98. The van der Waals surface area contributed by atoms with E-state index in [9.17, 15) is 19.8 Å². The molecule has 0 aliphatic rings. The number of esters is 1. The van der Waals surface area contributed by atoms with Crippen molar-refractivity contribution in [2.24, 2.45) is 0 Å². The Hall–Kier alpha value is -2.24. The fourth-order valence-corrected chi connectivity index (χ4v) is 1.03. The Bertz CT molecular complexity index is 438. The van der Waals surface area contributed by atoms with Crippen LogP contribution in [0, 0.1) is 0 Å². The first-order chi connectivity index (χ1) is 8.40. The standard InChI is InChI=1S/C9H8O6.C3H8/c1-15-9(14)5-3-2-4(8(12)13)6(10)7(5)11;1-3-2/h2-3,10-11H,1H3,(H,12,13);3H2,1-2H3. The van der Waals surface area contributed by atoms with Crippen molar-refractivity contribution in [2.45, 2.75) is 20.3 Å². The highest BCUT2D eigenvalue weighted by Crippen LogP contribution is 2.32. The third kappa shape index (κ3) is 3.65. The molecule has 1 rings (SSSR count). The molecule has 0 bridgehead atoms. The molecule has 3 N–H and O–H groups in total. The molecule has 0 spiro atoms. The summed E-state index contributed by atoms with van der Waals surface area (Å²) in [7, 11) is 1.10. The molecule has 100 valence electrons. The first-order valence-corrected chi connectivity index (χ1v) is 5.27. The molecule has 0 aliphatic heterocycles. The molecule has 6 heteroatoms. The van der Waals surface area contributed by atoms with Crippen LogP contribution in [0.3, 0.4) is 0 Å². The SMILES string of the molecule is CCC.COC(=O)c1ccc(C(=O)O)c(O)c1O. The number of aromatic carboxylic acids is 1. The van der Waals surface area contributed by atoms with Gasteiger partial charge in [-0.05, 0) is 12.1 Å². The van der Waals surface area contributed by atoms with E-state index in [0.717, 1.165) is 19.2 Å². The number of carboxylic acids is 1. The zero-order valence-electron chi connectivity index (χ0n) is 10.4. The number of carbonyl (C=O) groups is 2. The fraction of sp³-hybridized carbons (Fsp3) is 0.333. The second kappa shape index (κ2) is 7.16. The predicted octanol–water partition coefficient (Wildman–Crippen LogP) is 2.00. The van der Waals surface area contributed by atoms with Gasteiger partial charge in [0.05, 0.1) is 7.11 Å². The van der Waals surface area contributed by atoms with Gasteiger partial charge < -0.3 is 20.1 Å². The van der Waals surface area contributed by atoms with Crippen molar-refractivity contribution in [1.82, 2.24) is 0 Å². The highest BCUT2D eigenvalue weighted by Gasteiger charge is 2.20. The lowest BCUT2D eigenvalue weighted by atomic mass is 10.1. The van der Waals surface area contributed by atoms with Crippen LogP contribution in [0.5, 0.6) is 11.5 Å². The predicted molar refractivity (Wildman–Crippen MR) is 64.0 cm³/mol. The average molecular weight is 256 g/mol. The third-order valence-electron chi connectivity index (χ3n) is 1.79. The lowest BCUT2D eigenvalue weighted by molar-refractivity contribution is 0.0593. The molecule has 0 saturated carbocycles. The van der Waals surface area contributed by atoms with E-state index in [1.807, 2.05) is 0 Å². The summed E-state index contributed by atoms with van der Waals surface area (Å²) in [5.74, 6) is -3.92. The number of rotatable bonds is 2. The van der Waals surface area contributed by atoms with E-state index in [-0.39, 0.29) is 5.56 Å². The van der Waals surface area contributed by atoms with E-state index in [4.69, 9.17) is 5.11 Å². The van der Waals surface area contributed by atoms with Crippen molar-refractivity contribution in [1.29, 1.82) is 0 Å². The maximum atomic E-state index is 11.0. The number of aromatic hydroxyl groups is 2. The Labute approximate surface area is 104 Å². The summed E-state index contributed by atoms with van der Waals surface area (Å²) in [6, 6.07) is 2.06. The Morgan fingerprint density at radius 3 is 1.89 bits per heavy atom. The maximum absolute atomic E-state index is 11.0. The second-order valence-corrected chi connectivity index (χ2v) is 3.36. The Balaban J connectivity index is 0.000000873. The van der Waals surface area contributed by atoms with Gasteiger partial charge in [0.1, 0.15) is 11.1 Å². The highest BCUT2D eigenvalue weighted by atomic mass is 16.5. The number of hydrogen-bond acceptors (Lipinski definition) is 5. The number of phenols is 2. The number of methoxy groups -OCH3 is 1. The van der Waals surface area contributed by atoms with Crippen molar-refractivity contribution in [3.8, 4) is 11.5 Å². The second-order valence-electron chi connectivity index (χ2n) is 3.36. The van der Waals surface area contributed by atoms with Crippen molar-refractivity contribution in [2.75, 3.05) is 7.11 Å². The minimum Gasteiger partial charge on any atom is -0.504 e. The molecule has 0 heterocycles. The summed E-state index contributed by atoms with van der Waals surface area (Å²) in [5, 5.41) is 27.2. The molecule has 0 atom stereocenters. The summed E-state index contributed by atoms with van der Waals surface area (Å²) in [5.41, 5.74) is -0.778. The van der Waals surface area contributed by atoms with Crippen LogP contribution >= 0.6 is 0 Å². The van der Waals surface area contributed by atoms with Crippen molar-refractivity contribution >= 4 is 11.9 Å². The quantitative estimate of drug-likeness (QED) is 0.552. The van der Waals surface area contributed by atoms with Crippen LogP contribution in [0.2, 0.25) is 0 Å². The van der Waals surface area contributed by atoms with Gasteiger partial charge in [-0.3, -0.25) is 0 Å². The van der Waals surface area contributed by atoms with Gasteiger partial charge in [0.25, 0.3) is 0 Å². The molecule has 18 heavy (non-hydrogen) atoms. The summed E-state index contributed by atoms with van der Waals surface area (Å²) in [6.07, 6.45) is 1.25. The van der Waals surface area contributed by atoms with E-state index in [2.05, 4.69) is 18.6 Å². The normalized spacial score (nSPS) is 9.06. The van der Waals surface area contributed by atoms with E-state index in [1.165, 1.54) is 6.42 Å². The molecule has 0 saturated heterocycles. The van der Waals surface area contributed by atoms with Gasteiger partial charge in [0, 0.05) is 0 Å². The van der Waals surface area contributed by atoms with E-state index in [0.29, 0.717) is 0 Å². The van der Waals surface area contributed by atoms with Gasteiger partial charge in [-0.15, -0.1) is 0 Å². The molecule has 0 fully saturated rings. The average Bonchev–Trinajstić information content (AvgIpc) is 2.32. The monoisotopic (exact) mass is 256 g/mol. The van der Waals surface area contributed by atoms with Gasteiger partial charge in [0.15, 0.2) is 11.5 Å². The molecule has 6 nitrogen and oxygen atoms in total. The number of carboxylic acid groups (broad SMARTS) is 1. The van der Waals surface area contributed by atoms with Gasteiger partial charge >= 0.3 is 11.9 Å². The lowest BCUT2D eigenvalue weighted by Gasteiger charge is -2.06. The van der Waals surface area contributed by atoms with Gasteiger partial charge in [-0.2, -0.15) is 0 Å². The Morgan fingerprint density at radius 1 is 1.11 bits per heavy atom. The molecular formula is C12H16O6. The largest absolute Gasteiger partial charge is 0.504 e. The van der Waals surface area contributed by atoms with Crippen molar-refractivity contribution in [3.05, 3.63) is 23.3 Å². The summed E-state index contributed by atoms with van der Waals surface area (Å²) in [4.78, 5) is 21.6. The Morgan fingerprint density at radius 2 is 1.50 bits per heavy atom. The first-order valence-electron chi connectivity index (χ1n) is 5.27. The zero-order chi connectivity index (χ0) is 14.3. The first kappa shape index (κ1) is 15.8. The van der Waals surface area contributed by atoms with Gasteiger partial charge in [-0.1, -0.05) is 20.3 Å². The van der Waals surface area contributed by atoms with Crippen LogP contribution in [-0.2, 0) is 4.74 Å². The molecule has 1 aromatic carbocycles. The van der Waals surface area contributed by atoms with Gasteiger partial charge in [-0.25, -0.2) is 9.59 Å². The third-order valence-corrected chi connectivity index (χ3v) is 1.79. The number of benzene rings is 1. The number of phenolic OH excluding ortho intramolecular Hbond substituents is 1. The fourth-order valence-electron chi connectivity index (χ4n) is 1.03. The van der Waals surface area contributed by atoms with E-state index >= 15 is 0 Å². The van der Waals surface area contributed by atoms with Crippen LogP contribution in [0.15, 0.2) is 12.1 Å². The maximum Gasteiger partial charge on any atom is 0.341 e. The summed E-state index contributed by atoms with van der Waals surface area (Å²) >= 11 is 0. The molecule has 0 radical (unpaired) electrons. The summed E-state index contributed by atoms with van der Waals surface area (Å²) in [6.45, 7) is 4.25. The smallest absolute Gasteiger partial charge is 0.341 e. The number of hydrogen-bond donors (Lipinski definition) is 3. The van der Waals surface area contributed by atoms with Crippen LogP contribution in [0.25, 0.3) is 0 Å².